The zero-order valence-electron chi connectivity index (χ0n) is 13.0. The van der Waals surface area contributed by atoms with Gasteiger partial charge in [-0.15, -0.1) is 0 Å². The number of esters is 1. The average Bonchev–Trinajstić information content (AvgIpc) is 2.54. The highest BCUT2D eigenvalue weighted by Crippen LogP contribution is 2.23. The molecule has 2 heterocycles. The minimum Gasteiger partial charge on any atom is -0.481 e. The molecule has 0 aliphatic carbocycles. The predicted molar refractivity (Wildman–Crippen MR) is 85.8 cm³/mol. The van der Waals surface area contributed by atoms with E-state index in [4.69, 9.17) is 14.2 Å². The maximum absolute atomic E-state index is 12.1. The fourth-order valence-corrected chi connectivity index (χ4v) is 2.48. The number of nitrogens with zero attached hydrogens (tertiary/aromatic N) is 3. The van der Waals surface area contributed by atoms with Gasteiger partial charge in [0.15, 0.2) is 0 Å². The second-order valence-corrected chi connectivity index (χ2v) is 5.15. The number of aromatic nitrogens is 3. The molecule has 0 aliphatic heterocycles. The Balaban J connectivity index is 2.40. The highest BCUT2D eigenvalue weighted by Gasteiger charge is 2.19. The Hall–Kier alpha value is -2.22. The maximum atomic E-state index is 12.1. The number of hydrogen-bond acceptors (Lipinski definition) is 7. The summed E-state index contributed by atoms with van der Waals surface area (Å²) in [5.74, 6) is 0.789. The maximum Gasteiger partial charge on any atom is 0.341 e. The molecule has 0 N–H and O–H groups in total. The van der Waals surface area contributed by atoms with Gasteiger partial charge in [0.05, 0.1) is 32.5 Å². The normalized spacial score (nSPS) is 10.3. The van der Waals surface area contributed by atoms with Crippen LogP contribution in [0.25, 0.3) is 0 Å². The molecule has 0 atom stereocenters. The van der Waals surface area contributed by atoms with E-state index >= 15 is 0 Å². The third-order valence-corrected chi connectivity index (χ3v) is 3.56. The number of pyridine rings is 1. The van der Waals surface area contributed by atoms with E-state index in [1.807, 2.05) is 0 Å². The van der Waals surface area contributed by atoms with Gasteiger partial charge in [-0.2, -0.15) is 9.97 Å². The Morgan fingerprint density at radius 2 is 1.87 bits per heavy atom. The van der Waals surface area contributed by atoms with Crippen LogP contribution in [-0.2, 0) is 11.2 Å². The first-order valence-electron chi connectivity index (χ1n) is 6.85. The fraction of sp³-hybridized carbons (Fsp3) is 0.333. The van der Waals surface area contributed by atoms with Crippen molar-refractivity contribution >= 4 is 21.9 Å². The van der Waals surface area contributed by atoms with Crippen LogP contribution in [0.3, 0.4) is 0 Å². The van der Waals surface area contributed by atoms with Crippen molar-refractivity contribution in [2.75, 3.05) is 20.8 Å². The van der Waals surface area contributed by atoms with Crippen molar-refractivity contribution in [1.82, 2.24) is 15.0 Å². The van der Waals surface area contributed by atoms with Crippen LogP contribution >= 0.6 is 15.9 Å². The molecule has 0 fully saturated rings. The predicted octanol–water partition coefficient (Wildman–Crippen LogP) is 2.42. The van der Waals surface area contributed by atoms with Gasteiger partial charge in [0, 0.05) is 12.6 Å². The first-order valence-corrected chi connectivity index (χ1v) is 7.64. The van der Waals surface area contributed by atoms with E-state index in [9.17, 15) is 4.79 Å². The molecule has 0 aromatic carbocycles. The molecule has 0 spiro atoms. The van der Waals surface area contributed by atoms with Crippen molar-refractivity contribution in [2.45, 2.75) is 13.3 Å². The molecule has 2 aromatic rings. The lowest BCUT2D eigenvalue weighted by Crippen LogP contribution is -2.11. The Labute approximate surface area is 142 Å². The largest absolute Gasteiger partial charge is 0.481 e. The van der Waals surface area contributed by atoms with Crippen molar-refractivity contribution in [3.05, 3.63) is 39.9 Å². The van der Waals surface area contributed by atoms with Crippen molar-refractivity contribution < 1.29 is 19.0 Å². The summed E-state index contributed by atoms with van der Waals surface area (Å²) < 4.78 is 15.8. The number of ether oxygens (including phenoxy) is 3. The summed E-state index contributed by atoms with van der Waals surface area (Å²) in [4.78, 5) is 24.8. The van der Waals surface area contributed by atoms with Crippen LogP contribution in [0.4, 0.5) is 0 Å². The molecule has 0 radical (unpaired) electrons. The SMILES string of the molecule is CCOC(=O)c1c(Cc2nc(OC)cc(OC)n2)ccnc1Br. The second kappa shape index (κ2) is 7.87. The van der Waals surface area contributed by atoms with Gasteiger partial charge in [-0.25, -0.2) is 9.78 Å². The lowest BCUT2D eigenvalue weighted by atomic mass is 10.1. The van der Waals surface area contributed by atoms with Crippen molar-refractivity contribution in [3.63, 3.8) is 0 Å². The topological polar surface area (TPSA) is 83.4 Å². The zero-order chi connectivity index (χ0) is 16.8. The number of halogens is 1. The van der Waals surface area contributed by atoms with E-state index in [-0.39, 0.29) is 6.61 Å². The van der Waals surface area contributed by atoms with E-state index in [2.05, 4.69) is 30.9 Å². The van der Waals surface area contributed by atoms with Crippen LogP contribution in [0, 0.1) is 0 Å². The molecule has 0 saturated carbocycles. The summed E-state index contributed by atoms with van der Waals surface area (Å²) >= 11 is 3.29. The molecule has 0 saturated heterocycles. The van der Waals surface area contributed by atoms with Gasteiger partial charge in [0.2, 0.25) is 11.8 Å². The molecule has 23 heavy (non-hydrogen) atoms. The lowest BCUT2D eigenvalue weighted by molar-refractivity contribution is 0.0523. The van der Waals surface area contributed by atoms with E-state index in [1.54, 1.807) is 25.3 Å². The minimum absolute atomic E-state index is 0.281. The molecule has 0 bridgehead atoms. The highest BCUT2D eigenvalue weighted by atomic mass is 79.9. The van der Waals surface area contributed by atoms with Crippen LogP contribution in [0.2, 0.25) is 0 Å². The molecule has 7 nitrogen and oxygen atoms in total. The fourth-order valence-electron chi connectivity index (χ4n) is 1.95. The number of rotatable bonds is 6. The van der Waals surface area contributed by atoms with Crippen LogP contribution in [0.5, 0.6) is 11.8 Å². The Morgan fingerprint density at radius 1 is 1.22 bits per heavy atom. The van der Waals surface area contributed by atoms with E-state index in [0.29, 0.717) is 39.7 Å². The van der Waals surface area contributed by atoms with Gasteiger partial charge in [0.1, 0.15) is 10.4 Å². The summed E-state index contributed by atoms with van der Waals surface area (Å²) in [6.07, 6.45) is 1.91. The molecule has 8 heteroatoms. The molecule has 0 unspecified atom stereocenters. The third-order valence-electron chi connectivity index (χ3n) is 2.96. The standard InChI is InChI=1S/C15H16BrN3O4/c1-4-23-15(20)13-9(5-6-17-14(13)16)7-10-18-11(21-2)8-12(19-10)22-3/h5-6,8H,4,7H2,1-3H3. The quantitative estimate of drug-likeness (QED) is 0.560. The van der Waals surface area contributed by atoms with Gasteiger partial charge < -0.3 is 14.2 Å². The van der Waals surface area contributed by atoms with Gasteiger partial charge in [-0.05, 0) is 34.5 Å². The Morgan fingerprint density at radius 3 is 2.43 bits per heavy atom. The summed E-state index contributed by atoms with van der Waals surface area (Å²) in [7, 11) is 3.03. The van der Waals surface area contributed by atoms with E-state index in [0.717, 1.165) is 0 Å². The summed E-state index contributed by atoms with van der Waals surface area (Å²) in [5.41, 5.74) is 1.06. The minimum atomic E-state index is -0.447. The smallest absolute Gasteiger partial charge is 0.341 e. The number of methoxy groups -OCH3 is 2. The van der Waals surface area contributed by atoms with Crippen LogP contribution in [0.15, 0.2) is 22.9 Å². The van der Waals surface area contributed by atoms with Crippen LogP contribution < -0.4 is 9.47 Å². The zero-order valence-corrected chi connectivity index (χ0v) is 14.6. The van der Waals surface area contributed by atoms with E-state index < -0.39 is 5.97 Å². The molecule has 0 aliphatic rings. The van der Waals surface area contributed by atoms with Gasteiger partial charge in [-0.1, -0.05) is 0 Å². The lowest BCUT2D eigenvalue weighted by Gasteiger charge is -2.10. The molecular weight excluding hydrogens is 366 g/mol. The number of carbonyl (C=O) groups is 1. The third kappa shape index (κ3) is 4.16. The summed E-state index contributed by atoms with van der Waals surface area (Å²) in [6, 6.07) is 3.31. The first-order chi connectivity index (χ1) is 11.1. The molecular formula is C15H16BrN3O4. The van der Waals surface area contributed by atoms with E-state index in [1.165, 1.54) is 14.2 Å². The summed E-state index contributed by atoms with van der Waals surface area (Å²) in [6.45, 7) is 2.03. The average molecular weight is 382 g/mol. The summed E-state index contributed by atoms with van der Waals surface area (Å²) in [5, 5.41) is 0. The Bertz CT molecular complexity index is 687. The molecule has 2 aromatic heterocycles. The number of carbonyl (C=O) groups excluding carboxylic acids is 1. The van der Waals surface area contributed by atoms with Crippen LogP contribution in [0.1, 0.15) is 28.7 Å². The molecule has 2 rings (SSSR count). The van der Waals surface area contributed by atoms with Gasteiger partial charge in [-0.3, -0.25) is 0 Å². The van der Waals surface area contributed by atoms with Gasteiger partial charge >= 0.3 is 5.97 Å². The second-order valence-electron chi connectivity index (χ2n) is 4.40. The monoisotopic (exact) mass is 381 g/mol. The first kappa shape index (κ1) is 17.1. The highest BCUT2D eigenvalue weighted by molar-refractivity contribution is 9.10. The van der Waals surface area contributed by atoms with Crippen molar-refractivity contribution in [1.29, 1.82) is 0 Å². The molecule has 0 amide bonds. The van der Waals surface area contributed by atoms with Gasteiger partial charge in [0.25, 0.3) is 0 Å². The number of hydrogen-bond donors (Lipinski definition) is 0. The Kier molecular flexibility index (Phi) is 5.86. The van der Waals surface area contributed by atoms with Crippen molar-refractivity contribution in [2.24, 2.45) is 0 Å². The van der Waals surface area contributed by atoms with Crippen molar-refractivity contribution in [3.8, 4) is 11.8 Å². The van der Waals surface area contributed by atoms with Crippen LogP contribution in [-0.4, -0.2) is 41.7 Å². The molecule has 122 valence electrons.